The summed E-state index contributed by atoms with van der Waals surface area (Å²) >= 11 is 0. The van der Waals surface area contributed by atoms with Gasteiger partial charge >= 0.3 is 0 Å². The lowest BCUT2D eigenvalue weighted by Gasteiger charge is -2.02. The average Bonchev–Trinajstić information content (AvgIpc) is 2.47. The fourth-order valence-electron chi connectivity index (χ4n) is 0.873. The molecule has 1 aromatic heterocycles. The van der Waals surface area contributed by atoms with E-state index in [1.54, 1.807) is 0 Å². The molecule has 0 aliphatic carbocycles. The van der Waals surface area contributed by atoms with Crippen LogP contribution in [0.5, 0.6) is 0 Å². The van der Waals surface area contributed by atoms with E-state index in [1.165, 1.54) is 24.1 Å². The van der Waals surface area contributed by atoms with E-state index in [9.17, 15) is 8.42 Å². The van der Waals surface area contributed by atoms with Gasteiger partial charge in [-0.1, -0.05) is 0 Å². The minimum absolute atomic E-state index is 0.00813. The molecule has 0 aliphatic heterocycles. The maximum Gasteiger partial charge on any atom is 0.278 e. The van der Waals surface area contributed by atoms with Crippen molar-refractivity contribution in [3.63, 3.8) is 0 Å². The Hall–Kier alpha value is -0.590. The molecule has 0 amide bonds. The van der Waals surface area contributed by atoms with Gasteiger partial charge in [-0.25, -0.2) is 8.42 Å². The molecule has 0 radical (unpaired) electrons. The van der Waals surface area contributed by atoms with Crippen LogP contribution in [0.15, 0.2) is 17.3 Å². The molecular weight excluding hydrogens is 216 g/mol. The van der Waals surface area contributed by atoms with Crippen molar-refractivity contribution in [3.8, 4) is 0 Å². The fraction of sp³-hybridized carbons (Fsp3) is 0.500. The van der Waals surface area contributed by atoms with Gasteiger partial charge in [0.1, 0.15) is 0 Å². The van der Waals surface area contributed by atoms with E-state index < -0.39 is 9.05 Å². The van der Waals surface area contributed by atoms with Gasteiger partial charge < -0.3 is 4.74 Å². The van der Waals surface area contributed by atoms with Gasteiger partial charge in [0, 0.05) is 17.8 Å². The van der Waals surface area contributed by atoms with Gasteiger partial charge in [0.15, 0.2) is 5.03 Å². The van der Waals surface area contributed by atoms with Crippen molar-refractivity contribution in [2.75, 3.05) is 13.7 Å². The third-order valence-corrected chi connectivity index (χ3v) is 2.76. The number of halogens is 1. The van der Waals surface area contributed by atoms with Crippen molar-refractivity contribution in [2.45, 2.75) is 11.6 Å². The lowest BCUT2D eigenvalue weighted by atomic mass is 10.7. The van der Waals surface area contributed by atoms with Crippen molar-refractivity contribution in [1.82, 2.24) is 9.78 Å². The molecule has 5 nitrogen and oxygen atoms in total. The Morgan fingerprint density at radius 2 is 2.38 bits per heavy atom. The molecule has 1 heterocycles. The molecule has 0 bridgehead atoms. The molecule has 0 atom stereocenters. The SMILES string of the molecule is COCCn1nccc1S(=O)(=O)Cl. The van der Waals surface area contributed by atoms with Crippen LogP contribution in [-0.2, 0) is 20.3 Å². The summed E-state index contributed by atoms with van der Waals surface area (Å²) < 4.78 is 28.0. The van der Waals surface area contributed by atoms with E-state index in [-0.39, 0.29) is 5.03 Å². The van der Waals surface area contributed by atoms with Gasteiger partial charge in [0.05, 0.1) is 19.3 Å². The first-order chi connectivity index (χ1) is 6.05. The van der Waals surface area contributed by atoms with Crippen LogP contribution >= 0.6 is 10.7 Å². The fourth-order valence-corrected chi connectivity index (χ4v) is 1.88. The summed E-state index contributed by atoms with van der Waals surface area (Å²) in [7, 11) is 2.98. The topological polar surface area (TPSA) is 61.2 Å². The van der Waals surface area contributed by atoms with Gasteiger partial charge in [0.25, 0.3) is 9.05 Å². The number of methoxy groups -OCH3 is 1. The van der Waals surface area contributed by atoms with Crippen LogP contribution in [0.4, 0.5) is 0 Å². The molecule has 0 fully saturated rings. The minimum Gasteiger partial charge on any atom is -0.383 e. The smallest absolute Gasteiger partial charge is 0.278 e. The first-order valence-corrected chi connectivity index (χ1v) is 5.82. The Morgan fingerprint density at radius 1 is 1.69 bits per heavy atom. The van der Waals surface area contributed by atoms with Gasteiger partial charge in [-0.2, -0.15) is 5.10 Å². The van der Waals surface area contributed by atoms with E-state index in [0.29, 0.717) is 13.2 Å². The van der Waals surface area contributed by atoms with E-state index in [0.717, 1.165) is 0 Å². The molecular formula is C6H9ClN2O3S. The number of nitrogens with zero attached hydrogens (tertiary/aromatic N) is 2. The predicted octanol–water partition coefficient (Wildman–Crippen LogP) is 0.457. The maximum atomic E-state index is 10.9. The summed E-state index contributed by atoms with van der Waals surface area (Å²) in [5, 5.41) is 3.79. The molecule has 0 spiro atoms. The van der Waals surface area contributed by atoms with Gasteiger partial charge in [0.2, 0.25) is 0 Å². The molecule has 0 unspecified atom stereocenters. The zero-order valence-electron chi connectivity index (χ0n) is 6.97. The molecule has 0 saturated heterocycles. The molecule has 0 saturated carbocycles. The number of hydrogen-bond acceptors (Lipinski definition) is 4. The monoisotopic (exact) mass is 224 g/mol. The number of ether oxygens (including phenoxy) is 1. The van der Waals surface area contributed by atoms with Crippen molar-refractivity contribution in [2.24, 2.45) is 0 Å². The van der Waals surface area contributed by atoms with Gasteiger partial charge in [-0.15, -0.1) is 0 Å². The zero-order valence-corrected chi connectivity index (χ0v) is 8.55. The van der Waals surface area contributed by atoms with Crippen LogP contribution in [0.25, 0.3) is 0 Å². The predicted molar refractivity (Wildman–Crippen MR) is 47.1 cm³/mol. The Labute approximate surface area is 80.7 Å². The van der Waals surface area contributed by atoms with Crippen LogP contribution in [-0.4, -0.2) is 31.9 Å². The second-order valence-corrected chi connectivity index (χ2v) is 4.84. The van der Waals surface area contributed by atoms with E-state index in [4.69, 9.17) is 15.4 Å². The lowest BCUT2D eigenvalue weighted by molar-refractivity contribution is 0.180. The van der Waals surface area contributed by atoms with E-state index in [2.05, 4.69) is 5.10 Å². The van der Waals surface area contributed by atoms with E-state index in [1.807, 2.05) is 0 Å². The summed E-state index contributed by atoms with van der Waals surface area (Å²) in [4.78, 5) is 0. The first-order valence-electron chi connectivity index (χ1n) is 3.51. The summed E-state index contributed by atoms with van der Waals surface area (Å²) in [5.41, 5.74) is 0. The zero-order chi connectivity index (χ0) is 9.90. The molecule has 74 valence electrons. The highest BCUT2D eigenvalue weighted by molar-refractivity contribution is 8.13. The highest BCUT2D eigenvalue weighted by atomic mass is 35.7. The van der Waals surface area contributed by atoms with Crippen LogP contribution < -0.4 is 0 Å². The Bertz CT molecular complexity index is 373. The average molecular weight is 225 g/mol. The highest BCUT2D eigenvalue weighted by Gasteiger charge is 2.15. The Balaban J connectivity index is 2.90. The second kappa shape index (κ2) is 4.08. The molecule has 1 aromatic rings. The maximum absolute atomic E-state index is 10.9. The quantitative estimate of drug-likeness (QED) is 0.697. The van der Waals surface area contributed by atoms with Crippen LogP contribution in [0.2, 0.25) is 0 Å². The van der Waals surface area contributed by atoms with Gasteiger partial charge in [-0.3, -0.25) is 4.68 Å². The Morgan fingerprint density at radius 3 is 2.92 bits per heavy atom. The molecule has 0 aliphatic rings. The van der Waals surface area contributed by atoms with Crippen LogP contribution in [0.3, 0.4) is 0 Å². The molecule has 0 aromatic carbocycles. The van der Waals surface area contributed by atoms with Crippen molar-refractivity contribution < 1.29 is 13.2 Å². The van der Waals surface area contributed by atoms with E-state index >= 15 is 0 Å². The minimum atomic E-state index is -3.70. The number of hydrogen-bond donors (Lipinski definition) is 0. The molecule has 0 N–H and O–H groups in total. The third-order valence-electron chi connectivity index (χ3n) is 1.43. The Kier molecular flexibility index (Phi) is 3.29. The number of aromatic nitrogens is 2. The van der Waals surface area contributed by atoms with Crippen molar-refractivity contribution >= 4 is 19.7 Å². The summed E-state index contributed by atoms with van der Waals surface area (Å²) in [6.07, 6.45) is 1.38. The summed E-state index contributed by atoms with van der Waals surface area (Å²) in [6.45, 7) is 0.756. The lowest BCUT2D eigenvalue weighted by Crippen LogP contribution is -2.10. The number of rotatable bonds is 4. The molecule has 1 rings (SSSR count). The van der Waals surface area contributed by atoms with Crippen molar-refractivity contribution in [3.05, 3.63) is 12.3 Å². The highest BCUT2D eigenvalue weighted by Crippen LogP contribution is 2.13. The van der Waals surface area contributed by atoms with Crippen LogP contribution in [0.1, 0.15) is 0 Å². The second-order valence-electron chi connectivity index (χ2n) is 2.32. The standard InChI is InChI=1S/C6H9ClN2O3S/c1-12-5-4-9-6(2-3-8-9)13(7,10)11/h2-3H,4-5H2,1H3. The molecule has 13 heavy (non-hydrogen) atoms. The summed E-state index contributed by atoms with van der Waals surface area (Å²) in [6, 6.07) is 1.35. The van der Waals surface area contributed by atoms with Gasteiger partial charge in [-0.05, 0) is 6.07 Å². The third kappa shape index (κ3) is 2.68. The normalized spacial score (nSPS) is 11.8. The first kappa shape index (κ1) is 10.5. The largest absolute Gasteiger partial charge is 0.383 e. The van der Waals surface area contributed by atoms with Crippen molar-refractivity contribution in [1.29, 1.82) is 0 Å². The molecule has 7 heteroatoms. The van der Waals surface area contributed by atoms with Crippen LogP contribution in [0, 0.1) is 0 Å². The summed E-state index contributed by atoms with van der Waals surface area (Å²) in [5.74, 6) is 0.